The summed E-state index contributed by atoms with van der Waals surface area (Å²) in [5.41, 5.74) is 7.17. The van der Waals surface area contributed by atoms with Gasteiger partial charge in [-0.15, -0.1) is 0 Å². The van der Waals surface area contributed by atoms with Gasteiger partial charge in [0.15, 0.2) is 0 Å². The van der Waals surface area contributed by atoms with Crippen LogP contribution >= 0.6 is 11.8 Å². The fourth-order valence-corrected chi connectivity index (χ4v) is 5.93. The van der Waals surface area contributed by atoms with Crippen molar-refractivity contribution in [3.05, 3.63) is 82.5 Å². The number of anilines is 2. The quantitative estimate of drug-likeness (QED) is 0.444. The van der Waals surface area contributed by atoms with Crippen LogP contribution in [0.25, 0.3) is 0 Å². The van der Waals surface area contributed by atoms with Gasteiger partial charge in [0, 0.05) is 5.69 Å². The first-order valence-electron chi connectivity index (χ1n) is 11.8. The number of rotatable bonds is 4. The fourth-order valence-electron chi connectivity index (χ4n) is 4.89. The summed E-state index contributed by atoms with van der Waals surface area (Å²) in [5.74, 6) is 0.0488. The standard InChI is InChI=1S/C28H27N3OS/c1-2-26(33-27-22(18-29)17-21-11-3-6-12-23(21)30-27)28(32)31-24-13-7-4-9-19(24)15-16-20-10-5-8-14-25(20)31/h4-5,7-10,13-14,17,26H,2-3,6,11-12,15-16H2,1H3. The third-order valence-corrected chi connectivity index (χ3v) is 7.99. The van der Waals surface area contributed by atoms with E-state index in [0.717, 1.165) is 55.6 Å². The van der Waals surface area contributed by atoms with Gasteiger partial charge in [-0.05, 0) is 79.8 Å². The van der Waals surface area contributed by atoms with Gasteiger partial charge in [-0.3, -0.25) is 9.69 Å². The number of benzene rings is 2. The van der Waals surface area contributed by atoms with Gasteiger partial charge in [-0.25, -0.2) is 4.98 Å². The van der Waals surface area contributed by atoms with Crippen molar-refractivity contribution >= 4 is 29.0 Å². The number of hydrogen-bond acceptors (Lipinski definition) is 4. The molecule has 5 heteroatoms. The molecule has 2 heterocycles. The highest BCUT2D eigenvalue weighted by Gasteiger charge is 2.31. The van der Waals surface area contributed by atoms with E-state index in [2.05, 4.69) is 18.2 Å². The first-order chi connectivity index (χ1) is 16.2. The Hall–Kier alpha value is -3.10. The Morgan fingerprint density at radius 2 is 1.64 bits per heavy atom. The maximum Gasteiger partial charge on any atom is 0.245 e. The zero-order chi connectivity index (χ0) is 22.8. The van der Waals surface area contributed by atoms with Crippen LogP contribution in [0.4, 0.5) is 11.4 Å². The van der Waals surface area contributed by atoms with Crippen LogP contribution in [0.1, 0.15) is 54.1 Å². The van der Waals surface area contributed by atoms with Gasteiger partial charge in [-0.1, -0.05) is 55.1 Å². The fraction of sp³-hybridized carbons (Fsp3) is 0.321. The number of aryl methyl sites for hydroxylation is 4. The number of nitrogens with zero attached hydrogens (tertiary/aromatic N) is 3. The molecular formula is C28H27N3OS. The molecule has 1 aliphatic carbocycles. The topological polar surface area (TPSA) is 57.0 Å². The van der Waals surface area contributed by atoms with Crippen LogP contribution in [-0.4, -0.2) is 16.1 Å². The molecule has 5 rings (SSSR count). The minimum atomic E-state index is -0.328. The Morgan fingerprint density at radius 1 is 1.00 bits per heavy atom. The van der Waals surface area contributed by atoms with Crippen LogP contribution in [0, 0.1) is 11.3 Å². The molecule has 166 valence electrons. The minimum absolute atomic E-state index is 0.0488. The van der Waals surface area contributed by atoms with Crippen LogP contribution in [0.2, 0.25) is 0 Å². The van der Waals surface area contributed by atoms with Gasteiger partial charge in [-0.2, -0.15) is 5.26 Å². The number of carbonyl (C=O) groups is 1. The van der Waals surface area contributed by atoms with Crippen molar-refractivity contribution in [1.29, 1.82) is 5.26 Å². The predicted molar refractivity (Wildman–Crippen MR) is 133 cm³/mol. The van der Waals surface area contributed by atoms with Crippen LogP contribution in [0.15, 0.2) is 59.6 Å². The van der Waals surface area contributed by atoms with E-state index in [9.17, 15) is 10.1 Å². The SMILES string of the molecule is CCC(Sc1nc2c(cc1C#N)CCCC2)C(=O)N1c2ccccc2CCc2ccccc21. The summed E-state index contributed by atoms with van der Waals surface area (Å²) < 4.78 is 0. The zero-order valence-electron chi connectivity index (χ0n) is 18.9. The highest BCUT2D eigenvalue weighted by Crippen LogP contribution is 2.39. The van der Waals surface area contributed by atoms with E-state index in [1.807, 2.05) is 54.3 Å². The van der Waals surface area contributed by atoms with E-state index in [1.165, 1.54) is 28.5 Å². The highest BCUT2D eigenvalue weighted by molar-refractivity contribution is 8.00. The minimum Gasteiger partial charge on any atom is -0.280 e. The van der Waals surface area contributed by atoms with E-state index >= 15 is 0 Å². The number of nitriles is 1. The van der Waals surface area contributed by atoms with E-state index in [4.69, 9.17) is 4.98 Å². The second-order valence-electron chi connectivity index (χ2n) is 8.71. The smallest absolute Gasteiger partial charge is 0.245 e. The molecule has 2 aliphatic rings. The Balaban J connectivity index is 1.53. The lowest BCUT2D eigenvalue weighted by atomic mass is 9.95. The van der Waals surface area contributed by atoms with Crippen LogP contribution in [-0.2, 0) is 30.5 Å². The maximum atomic E-state index is 14.1. The van der Waals surface area contributed by atoms with Crippen molar-refractivity contribution in [3.63, 3.8) is 0 Å². The molecule has 4 nitrogen and oxygen atoms in total. The molecule has 0 spiro atoms. The Bertz CT molecular complexity index is 1200. The molecular weight excluding hydrogens is 426 g/mol. The number of amides is 1. The molecule has 0 fully saturated rings. The van der Waals surface area contributed by atoms with Crippen molar-refractivity contribution in [2.45, 2.75) is 62.1 Å². The number of hydrogen-bond donors (Lipinski definition) is 0. The number of pyridine rings is 1. The van der Waals surface area contributed by atoms with Crippen molar-refractivity contribution in [2.24, 2.45) is 0 Å². The predicted octanol–water partition coefficient (Wildman–Crippen LogP) is 6.17. The van der Waals surface area contributed by atoms with Crippen molar-refractivity contribution in [3.8, 4) is 6.07 Å². The maximum absolute atomic E-state index is 14.1. The lowest BCUT2D eigenvalue weighted by Gasteiger charge is -2.28. The summed E-state index contributed by atoms with van der Waals surface area (Å²) in [6.45, 7) is 2.04. The highest BCUT2D eigenvalue weighted by atomic mass is 32.2. The van der Waals surface area contributed by atoms with E-state index < -0.39 is 0 Å². The van der Waals surface area contributed by atoms with Gasteiger partial charge < -0.3 is 0 Å². The molecule has 0 saturated carbocycles. The molecule has 1 unspecified atom stereocenters. The first kappa shape index (κ1) is 21.7. The van der Waals surface area contributed by atoms with Crippen molar-refractivity contribution < 1.29 is 4.79 Å². The number of para-hydroxylation sites is 2. The molecule has 0 bridgehead atoms. The molecule has 1 amide bonds. The lowest BCUT2D eigenvalue weighted by Crippen LogP contribution is -2.34. The summed E-state index contributed by atoms with van der Waals surface area (Å²) in [4.78, 5) is 20.9. The van der Waals surface area contributed by atoms with E-state index in [-0.39, 0.29) is 11.2 Å². The van der Waals surface area contributed by atoms with Gasteiger partial charge in [0.2, 0.25) is 5.91 Å². The average molecular weight is 454 g/mol. The molecule has 0 radical (unpaired) electrons. The number of thioether (sulfide) groups is 1. The summed E-state index contributed by atoms with van der Waals surface area (Å²) >= 11 is 1.45. The Labute approximate surface area is 199 Å². The third kappa shape index (κ3) is 4.16. The zero-order valence-corrected chi connectivity index (χ0v) is 19.7. The summed E-state index contributed by atoms with van der Waals surface area (Å²) in [7, 11) is 0. The largest absolute Gasteiger partial charge is 0.280 e. The molecule has 0 N–H and O–H groups in total. The normalized spacial score (nSPS) is 15.5. The monoisotopic (exact) mass is 453 g/mol. The molecule has 33 heavy (non-hydrogen) atoms. The average Bonchev–Trinajstić information content (AvgIpc) is 3.03. The van der Waals surface area contributed by atoms with Gasteiger partial charge in [0.1, 0.15) is 11.1 Å². The molecule has 1 atom stereocenters. The van der Waals surface area contributed by atoms with E-state index in [0.29, 0.717) is 17.0 Å². The Morgan fingerprint density at radius 3 is 2.27 bits per heavy atom. The molecule has 0 saturated heterocycles. The van der Waals surface area contributed by atoms with E-state index in [1.54, 1.807) is 0 Å². The lowest BCUT2D eigenvalue weighted by molar-refractivity contribution is -0.117. The first-order valence-corrected chi connectivity index (χ1v) is 12.7. The summed E-state index contributed by atoms with van der Waals surface area (Å²) in [5, 5.41) is 10.2. The van der Waals surface area contributed by atoms with Gasteiger partial charge in [0.25, 0.3) is 0 Å². The molecule has 2 aromatic carbocycles. The molecule has 1 aromatic heterocycles. The number of fused-ring (bicyclic) bond motifs is 3. The molecule has 3 aromatic rings. The number of carbonyl (C=O) groups excluding carboxylic acids is 1. The van der Waals surface area contributed by atoms with Crippen LogP contribution in [0.5, 0.6) is 0 Å². The molecule has 1 aliphatic heterocycles. The Kier molecular flexibility index (Phi) is 6.20. The number of aromatic nitrogens is 1. The second kappa shape index (κ2) is 9.41. The van der Waals surface area contributed by atoms with Crippen LogP contribution in [0.3, 0.4) is 0 Å². The second-order valence-corrected chi connectivity index (χ2v) is 9.90. The van der Waals surface area contributed by atoms with Crippen molar-refractivity contribution in [2.75, 3.05) is 4.90 Å². The third-order valence-electron chi connectivity index (χ3n) is 6.64. The van der Waals surface area contributed by atoms with Crippen molar-refractivity contribution in [1.82, 2.24) is 4.98 Å². The van der Waals surface area contributed by atoms with Crippen LogP contribution < -0.4 is 4.90 Å². The van der Waals surface area contributed by atoms with Gasteiger partial charge >= 0.3 is 0 Å². The summed E-state index contributed by atoms with van der Waals surface area (Å²) in [6, 6.07) is 20.7. The summed E-state index contributed by atoms with van der Waals surface area (Å²) in [6.07, 6.45) is 6.70. The van der Waals surface area contributed by atoms with Gasteiger partial charge in [0.05, 0.1) is 22.2 Å².